The zero-order chi connectivity index (χ0) is 15.9. The molecule has 3 heteroatoms. The molecular weight excluding hydrogens is 274 g/mol. The van der Waals surface area contributed by atoms with Crippen LogP contribution in [0.4, 0.5) is 0 Å². The third kappa shape index (κ3) is 4.92. The molecule has 116 valence electrons. The van der Waals surface area contributed by atoms with E-state index in [1.54, 1.807) is 0 Å². The monoisotopic (exact) mass is 297 g/mol. The van der Waals surface area contributed by atoms with Gasteiger partial charge in [-0.05, 0) is 43.0 Å². The second-order valence-electron chi connectivity index (χ2n) is 5.76. The molecule has 22 heavy (non-hydrogen) atoms. The zero-order valence-electron chi connectivity index (χ0n) is 13.2. The van der Waals surface area contributed by atoms with Crippen molar-refractivity contribution in [1.82, 2.24) is 0 Å². The molecule has 0 unspecified atom stereocenters. The second kappa shape index (κ2) is 7.64. The minimum atomic E-state index is -0.238. The minimum absolute atomic E-state index is 0.0859. The van der Waals surface area contributed by atoms with E-state index in [1.807, 2.05) is 37.3 Å². The van der Waals surface area contributed by atoms with Crippen LogP contribution in [0.3, 0.4) is 0 Å². The van der Waals surface area contributed by atoms with Crippen molar-refractivity contribution in [1.29, 1.82) is 0 Å². The van der Waals surface area contributed by atoms with Gasteiger partial charge < -0.3 is 10.5 Å². The van der Waals surface area contributed by atoms with E-state index in [2.05, 4.69) is 25.1 Å². The number of ether oxygens (including phenoxy) is 1. The summed E-state index contributed by atoms with van der Waals surface area (Å²) in [7, 11) is 0. The predicted octanol–water partition coefficient (Wildman–Crippen LogP) is 3.63. The van der Waals surface area contributed by atoms with E-state index < -0.39 is 0 Å². The van der Waals surface area contributed by atoms with Crippen molar-refractivity contribution >= 4 is 5.91 Å². The van der Waals surface area contributed by atoms with Crippen LogP contribution in [0.15, 0.2) is 48.5 Å². The SMILES string of the molecule is Cc1cccc(COc2ccc(CC[C@@H](C)C(N)=O)cc2)c1. The molecule has 2 rings (SSSR count). The summed E-state index contributed by atoms with van der Waals surface area (Å²) >= 11 is 0. The summed E-state index contributed by atoms with van der Waals surface area (Å²) in [5.41, 5.74) is 8.86. The first kappa shape index (κ1) is 16.1. The van der Waals surface area contributed by atoms with E-state index in [9.17, 15) is 4.79 Å². The molecule has 2 N–H and O–H groups in total. The average molecular weight is 297 g/mol. The topological polar surface area (TPSA) is 52.3 Å². The highest BCUT2D eigenvalue weighted by molar-refractivity contribution is 5.76. The summed E-state index contributed by atoms with van der Waals surface area (Å²) in [6.45, 7) is 4.51. The van der Waals surface area contributed by atoms with E-state index in [0.717, 1.165) is 18.6 Å². The molecule has 0 aromatic heterocycles. The molecule has 2 aromatic rings. The van der Waals surface area contributed by atoms with Gasteiger partial charge in [-0.15, -0.1) is 0 Å². The minimum Gasteiger partial charge on any atom is -0.489 e. The van der Waals surface area contributed by atoms with Gasteiger partial charge in [0.1, 0.15) is 12.4 Å². The van der Waals surface area contributed by atoms with Gasteiger partial charge in [0.05, 0.1) is 0 Å². The van der Waals surface area contributed by atoms with Crippen LogP contribution in [-0.2, 0) is 17.8 Å². The van der Waals surface area contributed by atoms with Gasteiger partial charge in [0.2, 0.25) is 5.91 Å². The van der Waals surface area contributed by atoms with Crippen molar-refractivity contribution in [3.8, 4) is 5.75 Å². The molecule has 3 nitrogen and oxygen atoms in total. The van der Waals surface area contributed by atoms with Crippen LogP contribution in [0.25, 0.3) is 0 Å². The van der Waals surface area contributed by atoms with Gasteiger partial charge in [-0.3, -0.25) is 4.79 Å². The van der Waals surface area contributed by atoms with Crippen molar-refractivity contribution in [2.45, 2.75) is 33.3 Å². The average Bonchev–Trinajstić information content (AvgIpc) is 2.51. The maximum atomic E-state index is 11.0. The van der Waals surface area contributed by atoms with Crippen LogP contribution in [0.1, 0.15) is 30.0 Å². The summed E-state index contributed by atoms with van der Waals surface area (Å²) in [4.78, 5) is 11.0. The van der Waals surface area contributed by atoms with Gasteiger partial charge in [-0.2, -0.15) is 0 Å². The summed E-state index contributed by atoms with van der Waals surface area (Å²) in [5, 5.41) is 0. The lowest BCUT2D eigenvalue weighted by atomic mass is 10.0. The molecule has 2 aromatic carbocycles. The van der Waals surface area contributed by atoms with Crippen LogP contribution in [0.5, 0.6) is 5.75 Å². The van der Waals surface area contributed by atoms with E-state index in [-0.39, 0.29) is 11.8 Å². The molecule has 0 radical (unpaired) electrons. The molecule has 0 aliphatic rings. The molecule has 0 bridgehead atoms. The van der Waals surface area contributed by atoms with Gasteiger partial charge in [-0.1, -0.05) is 48.9 Å². The fourth-order valence-electron chi connectivity index (χ4n) is 2.25. The maximum absolute atomic E-state index is 11.0. The van der Waals surface area contributed by atoms with E-state index in [0.29, 0.717) is 6.61 Å². The molecule has 0 aliphatic carbocycles. The first-order valence-electron chi connectivity index (χ1n) is 7.61. The Morgan fingerprint density at radius 1 is 1.14 bits per heavy atom. The van der Waals surface area contributed by atoms with Crippen molar-refractivity contribution < 1.29 is 9.53 Å². The molecule has 0 spiro atoms. The number of nitrogens with two attached hydrogens (primary N) is 1. The van der Waals surface area contributed by atoms with Crippen LogP contribution < -0.4 is 10.5 Å². The number of aryl methyl sites for hydroxylation is 2. The number of carbonyl (C=O) groups is 1. The Hall–Kier alpha value is -2.29. The smallest absolute Gasteiger partial charge is 0.220 e. The molecule has 0 saturated heterocycles. The number of carbonyl (C=O) groups excluding carboxylic acids is 1. The van der Waals surface area contributed by atoms with Gasteiger partial charge in [-0.25, -0.2) is 0 Å². The predicted molar refractivity (Wildman–Crippen MR) is 88.6 cm³/mol. The van der Waals surface area contributed by atoms with E-state index in [4.69, 9.17) is 10.5 Å². The number of hydrogen-bond donors (Lipinski definition) is 1. The summed E-state index contributed by atoms with van der Waals surface area (Å²) in [6.07, 6.45) is 1.63. The number of rotatable bonds is 7. The van der Waals surface area contributed by atoms with Crippen LogP contribution in [0, 0.1) is 12.8 Å². The van der Waals surface area contributed by atoms with Crippen LogP contribution >= 0.6 is 0 Å². The summed E-state index contributed by atoms with van der Waals surface area (Å²) < 4.78 is 5.79. The molecule has 0 fully saturated rings. The zero-order valence-corrected chi connectivity index (χ0v) is 13.2. The summed E-state index contributed by atoms with van der Waals surface area (Å²) in [6, 6.07) is 16.3. The van der Waals surface area contributed by atoms with Crippen molar-refractivity contribution in [3.05, 3.63) is 65.2 Å². The fourth-order valence-corrected chi connectivity index (χ4v) is 2.25. The fraction of sp³-hybridized carbons (Fsp3) is 0.316. The highest BCUT2D eigenvalue weighted by Crippen LogP contribution is 2.17. The molecule has 1 atom stereocenters. The molecular formula is C19H23NO2. The lowest BCUT2D eigenvalue weighted by Crippen LogP contribution is -2.20. The van der Waals surface area contributed by atoms with Crippen LogP contribution in [0.2, 0.25) is 0 Å². The first-order valence-corrected chi connectivity index (χ1v) is 7.61. The first-order chi connectivity index (χ1) is 10.5. The van der Waals surface area contributed by atoms with Crippen LogP contribution in [-0.4, -0.2) is 5.91 Å². The molecule has 0 saturated carbocycles. The molecule has 0 heterocycles. The van der Waals surface area contributed by atoms with Crippen molar-refractivity contribution in [2.75, 3.05) is 0 Å². The summed E-state index contributed by atoms with van der Waals surface area (Å²) in [5.74, 6) is 0.531. The van der Waals surface area contributed by atoms with Crippen molar-refractivity contribution in [3.63, 3.8) is 0 Å². The lowest BCUT2D eigenvalue weighted by Gasteiger charge is -2.09. The Labute approximate surface area is 132 Å². The second-order valence-corrected chi connectivity index (χ2v) is 5.76. The normalized spacial score (nSPS) is 11.9. The van der Waals surface area contributed by atoms with Gasteiger partial charge in [0.25, 0.3) is 0 Å². The maximum Gasteiger partial charge on any atom is 0.220 e. The van der Waals surface area contributed by atoms with Gasteiger partial charge in [0.15, 0.2) is 0 Å². The number of benzene rings is 2. The Kier molecular flexibility index (Phi) is 5.59. The van der Waals surface area contributed by atoms with Crippen molar-refractivity contribution in [2.24, 2.45) is 11.7 Å². The quantitative estimate of drug-likeness (QED) is 0.848. The Balaban J connectivity index is 1.85. The van der Waals surface area contributed by atoms with Gasteiger partial charge >= 0.3 is 0 Å². The highest BCUT2D eigenvalue weighted by Gasteiger charge is 2.08. The van der Waals surface area contributed by atoms with E-state index in [1.165, 1.54) is 16.7 Å². The Morgan fingerprint density at radius 2 is 1.86 bits per heavy atom. The third-order valence-corrected chi connectivity index (χ3v) is 3.76. The third-order valence-electron chi connectivity index (χ3n) is 3.76. The number of primary amides is 1. The highest BCUT2D eigenvalue weighted by atomic mass is 16.5. The Bertz CT molecular complexity index is 620. The largest absolute Gasteiger partial charge is 0.489 e. The molecule has 0 aliphatic heterocycles. The number of hydrogen-bond acceptors (Lipinski definition) is 2. The lowest BCUT2D eigenvalue weighted by molar-refractivity contribution is -0.121. The van der Waals surface area contributed by atoms with Gasteiger partial charge in [0, 0.05) is 5.92 Å². The molecule has 1 amide bonds. The number of amides is 1. The Morgan fingerprint density at radius 3 is 2.50 bits per heavy atom. The van der Waals surface area contributed by atoms with E-state index >= 15 is 0 Å². The standard InChI is InChI=1S/C19H23NO2/c1-14-4-3-5-17(12-14)13-22-18-10-8-16(9-11-18)7-6-15(2)19(20)21/h3-5,8-12,15H,6-7,13H2,1-2H3,(H2,20,21)/t15-/m1/s1.